The van der Waals surface area contributed by atoms with Gasteiger partial charge in [0.15, 0.2) is 12.4 Å². The molecule has 0 unspecified atom stereocenters. The summed E-state index contributed by atoms with van der Waals surface area (Å²) in [6.45, 7) is 1.80. The number of aryl methyl sites for hydroxylation is 1. The number of nitro benzene ring substituents is 1. The van der Waals surface area contributed by atoms with Gasteiger partial charge in [-0.05, 0) is 19.1 Å². The molecule has 3 rings (SSSR count). The summed E-state index contributed by atoms with van der Waals surface area (Å²) in [5, 5.41) is 12.0. The number of hydrogen-bond donors (Lipinski definition) is 0. The van der Waals surface area contributed by atoms with E-state index in [1.54, 1.807) is 19.2 Å². The SMILES string of the molecule is Cc1nc(CN(C)C(=O)COc2ccccc2[N+](=O)[O-])nc2ccccc12. The van der Waals surface area contributed by atoms with Crippen LogP contribution in [0, 0.1) is 17.0 Å². The van der Waals surface area contributed by atoms with Crippen molar-refractivity contribution in [3.05, 3.63) is 70.2 Å². The molecular weight excluding hydrogens is 348 g/mol. The Balaban J connectivity index is 1.67. The lowest BCUT2D eigenvalue weighted by molar-refractivity contribution is -0.385. The third-order valence-corrected chi connectivity index (χ3v) is 4.06. The molecule has 0 spiro atoms. The number of rotatable bonds is 6. The van der Waals surface area contributed by atoms with Crippen molar-refractivity contribution >= 4 is 22.5 Å². The third-order valence-electron chi connectivity index (χ3n) is 4.06. The zero-order chi connectivity index (χ0) is 19.4. The highest BCUT2D eigenvalue weighted by Gasteiger charge is 2.17. The Bertz CT molecular complexity index is 1010. The van der Waals surface area contributed by atoms with Gasteiger partial charge in [0.2, 0.25) is 0 Å². The maximum atomic E-state index is 12.3. The van der Waals surface area contributed by atoms with E-state index in [0.717, 1.165) is 16.6 Å². The topological polar surface area (TPSA) is 98.5 Å². The highest BCUT2D eigenvalue weighted by atomic mass is 16.6. The van der Waals surface area contributed by atoms with Crippen molar-refractivity contribution in [3.63, 3.8) is 0 Å². The van der Waals surface area contributed by atoms with Crippen LogP contribution in [0.1, 0.15) is 11.5 Å². The minimum atomic E-state index is -0.546. The quantitative estimate of drug-likeness (QED) is 0.491. The molecule has 138 valence electrons. The fourth-order valence-electron chi connectivity index (χ4n) is 2.65. The fourth-order valence-corrected chi connectivity index (χ4v) is 2.65. The molecule has 0 bridgehead atoms. The molecule has 0 saturated heterocycles. The molecule has 1 amide bonds. The average molecular weight is 366 g/mol. The van der Waals surface area contributed by atoms with Gasteiger partial charge in [-0.1, -0.05) is 30.3 Å². The normalized spacial score (nSPS) is 10.6. The van der Waals surface area contributed by atoms with Crippen molar-refractivity contribution in [2.45, 2.75) is 13.5 Å². The number of likely N-dealkylation sites (N-methyl/N-ethyl adjacent to an activating group) is 1. The van der Waals surface area contributed by atoms with Crippen LogP contribution in [0.4, 0.5) is 5.69 Å². The Hall–Kier alpha value is -3.55. The first-order chi connectivity index (χ1) is 13.0. The largest absolute Gasteiger partial charge is 0.477 e. The highest BCUT2D eigenvalue weighted by Crippen LogP contribution is 2.25. The van der Waals surface area contributed by atoms with Crippen LogP contribution in [0.5, 0.6) is 5.75 Å². The minimum absolute atomic E-state index is 0.0575. The van der Waals surface area contributed by atoms with Gasteiger partial charge in [-0.2, -0.15) is 0 Å². The van der Waals surface area contributed by atoms with Crippen LogP contribution in [0.25, 0.3) is 10.9 Å². The number of nitrogens with zero attached hydrogens (tertiary/aromatic N) is 4. The second-order valence-corrected chi connectivity index (χ2v) is 6.01. The number of hydrogen-bond acceptors (Lipinski definition) is 6. The van der Waals surface area contributed by atoms with Crippen molar-refractivity contribution in [1.82, 2.24) is 14.9 Å². The van der Waals surface area contributed by atoms with Crippen LogP contribution in [-0.2, 0) is 11.3 Å². The number of amides is 1. The maximum Gasteiger partial charge on any atom is 0.310 e. The summed E-state index contributed by atoms with van der Waals surface area (Å²) in [5.41, 5.74) is 1.48. The lowest BCUT2D eigenvalue weighted by Gasteiger charge is -2.17. The minimum Gasteiger partial charge on any atom is -0.477 e. The first kappa shape index (κ1) is 18.2. The summed E-state index contributed by atoms with van der Waals surface area (Å²) in [5.74, 6) is 0.248. The molecule has 8 heteroatoms. The molecule has 2 aromatic carbocycles. The highest BCUT2D eigenvalue weighted by molar-refractivity contribution is 5.81. The van der Waals surface area contributed by atoms with Crippen LogP contribution < -0.4 is 4.74 Å². The Labute approximate surface area is 155 Å². The molecule has 0 atom stereocenters. The average Bonchev–Trinajstić information content (AvgIpc) is 2.66. The number of nitro groups is 1. The predicted octanol–water partition coefficient (Wildman–Crippen LogP) is 2.88. The van der Waals surface area contributed by atoms with Crippen LogP contribution in [0.3, 0.4) is 0 Å². The number of para-hydroxylation sites is 3. The molecule has 8 nitrogen and oxygen atoms in total. The number of carbonyl (C=O) groups excluding carboxylic acids is 1. The number of fused-ring (bicyclic) bond motifs is 1. The molecule has 0 N–H and O–H groups in total. The zero-order valence-corrected chi connectivity index (χ0v) is 15.0. The Morgan fingerprint density at radius 3 is 2.63 bits per heavy atom. The van der Waals surface area contributed by atoms with Gasteiger partial charge >= 0.3 is 5.69 Å². The molecule has 1 aromatic heterocycles. The van der Waals surface area contributed by atoms with Crippen molar-refractivity contribution in [2.75, 3.05) is 13.7 Å². The summed E-state index contributed by atoms with van der Waals surface area (Å²) in [4.78, 5) is 33.1. The Morgan fingerprint density at radius 1 is 1.15 bits per heavy atom. The van der Waals surface area contributed by atoms with Crippen molar-refractivity contribution < 1.29 is 14.5 Å². The molecule has 0 aliphatic rings. The Kier molecular flexibility index (Phi) is 5.25. The van der Waals surface area contributed by atoms with Gasteiger partial charge < -0.3 is 9.64 Å². The van der Waals surface area contributed by atoms with Gasteiger partial charge in [-0.25, -0.2) is 9.97 Å². The zero-order valence-electron chi connectivity index (χ0n) is 15.0. The van der Waals surface area contributed by atoms with Crippen molar-refractivity contribution in [1.29, 1.82) is 0 Å². The second kappa shape index (κ2) is 7.77. The monoisotopic (exact) mass is 366 g/mol. The van der Waals surface area contributed by atoms with Crippen LogP contribution in [0.2, 0.25) is 0 Å². The number of carbonyl (C=O) groups is 1. The molecule has 0 aliphatic heterocycles. The van der Waals surface area contributed by atoms with E-state index in [9.17, 15) is 14.9 Å². The van der Waals surface area contributed by atoms with E-state index in [-0.39, 0.29) is 30.5 Å². The summed E-state index contributed by atoms with van der Waals surface area (Å²) < 4.78 is 5.34. The van der Waals surface area contributed by atoms with Gasteiger partial charge in [0.25, 0.3) is 5.91 Å². The number of benzene rings is 2. The van der Waals surface area contributed by atoms with E-state index in [0.29, 0.717) is 5.82 Å². The first-order valence-corrected chi connectivity index (χ1v) is 8.28. The van der Waals surface area contributed by atoms with E-state index in [2.05, 4.69) is 9.97 Å². The van der Waals surface area contributed by atoms with Crippen LogP contribution >= 0.6 is 0 Å². The summed E-state index contributed by atoms with van der Waals surface area (Å²) in [6.07, 6.45) is 0. The van der Waals surface area contributed by atoms with Crippen molar-refractivity contribution in [3.8, 4) is 5.75 Å². The fraction of sp³-hybridized carbons (Fsp3) is 0.211. The third kappa shape index (κ3) is 4.17. The molecule has 27 heavy (non-hydrogen) atoms. The lowest BCUT2D eigenvalue weighted by Crippen LogP contribution is -2.31. The standard InChI is InChI=1S/C19H18N4O4/c1-13-14-7-3-4-8-15(14)21-18(20-13)11-22(2)19(24)12-27-17-10-6-5-9-16(17)23(25)26/h3-10H,11-12H2,1-2H3. The van der Waals surface area contributed by atoms with E-state index < -0.39 is 4.92 Å². The number of aromatic nitrogens is 2. The first-order valence-electron chi connectivity index (χ1n) is 8.28. The van der Waals surface area contributed by atoms with E-state index >= 15 is 0 Å². The molecule has 0 saturated carbocycles. The van der Waals surface area contributed by atoms with Gasteiger partial charge in [-0.3, -0.25) is 14.9 Å². The van der Waals surface area contributed by atoms with E-state index in [1.165, 1.54) is 17.0 Å². The predicted molar refractivity (Wildman–Crippen MR) is 99.3 cm³/mol. The molecule has 0 radical (unpaired) electrons. The van der Waals surface area contributed by atoms with E-state index in [4.69, 9.17) is 4.74 Å². The smallest absolute Gasteiger partial charge is 0.310 e. The maximum absolute atomic E-state index is 12.3. The van der Waals surface area contributed by atoms with Gasteiger partial charge in [0.1, 0.15) is 5.82 Å². The van der Waals surface area contributed by atoms with Crippen LogP contribution in [0.15, 0.2) is 48.5 Å². The Morgan fingerprint density at radius 2 is 1.85 bits per heavy atom. The summed E-state index contributed by atoms with van der Waals surface area (Å²) in [6, 6.07) is 13.6. The van der Waals surface area contributed by atoms with Gasteiger partial charge in [0.05, 0.1) is 17.0 Å². The number of ether oxygens (including phenoxy) is 1. The van der Waals surface area contributed by atoms with Crippen molar-refractivity contribution in [2.24, 2.45) is 0 Å². The van der Waals surface area contributed by atoms with Gasteiger partial charge in [-0.15, -0.1) is 0 Å². The molecule has 0 fully saturated rings. The lowest BCUT2D eigenvalue weighted by atomic mass is 10.2. The van der Waals surface area contributed by atoms with Crippen LogP contribution in [-0.4, -0.2) is 39.4 Å². The molecular formula is C19H18N4O4. The second-order valence-electron chi connectivity index (χ2n) is 6.01. The molecule has 3 aromatic rings. The summed E-state index contributed by atoms with van der Waals surface area (Å²) >= 11 is 0. The van der Waals surface area contributed by atoms with E-state index in [1.807, 2.05) is 31.2 Å². The molecule has 0 aliphatic carbocycles. The molecule has 1 heterocycles. The van der Waals surface area contributed by atoms with Gasteiger partial charge in [0, 0.05) is 24.2 Å². The summed E-state index contributed by atoms with van der Waals surface area (Å²) in [7, 11) is 1.61.